The molecule has 17 heavy (non-hydrogen) atoms. The topological polar surface area (TPSA) is 28.4 Å². The molecule has 2 heterocycles. The van der Waals surface area contributed by atoms with Crippen molar-refractivity contribution in [2.45, 2.75) is 26.8 Å². The van der Waals surface area contributed by atoms with Crippen LogP contribution in [0.5, 0.6) is 0 Å². The third-order valence-corrected chi connectivity index (χ3v) is 3.91. The Labute approximate surface area is 104 Å². The Hall–Kier alpha value is -0.800. The van der Waals surface area contributed by atoms with Gasteiger partial charge in [0.1, 0.15) is 5.76 Å². The SMILES string of the molecule is CC(NCCN1CC(C)C(C)C1)c1ccco1. The van der Waals surface area contributed by atoms with Crippen LogP contribution in [0.3, 0.4) is 0 Å². The normalized spacial score (nSPS) is 27.5. The molecule has 1 N–H and O–H groups in total. The molecular formula is C14H24N2O. The van der Waals surface area contributed by atoms with Crippen LogP contribution in [-0.2, 0) is 0 Å². The molecule has 1 fully saturated rings. The molecule has 3 nitrogen and oxygen atoms in total. The highest BCUT2D eigenvalue weighted by Crippen LogP contribution is 2.21. The zero-order valence-corrected chi connectivity index (χ0v) is 11.1. The Kier molecular flexibility index (Phi) is 4.24. The van der Waals surface area contributed by atoms with E-state index in [1.54, 1.807) is 6.26 Å². The molecule has 1 aliphatic heterocycles. The molecule has 0 aromatic carbocycles. The molecule has 0 amide bonds. The van der Waals surface area contributed by atoms with Gasteiger partial charge in [0, 0.05) is 26.2 Å². The molecular weight excluding hydrogens is 212 g/mol. The lowest BCUT2D eigenvalue weighted by Crippen LogP contribution is -2.31. The van der Waals surface area contributed by atoms with Crippen molar-refractivity contribution < 1.29 is 4.42 Å². The first-order valence-electron chi connectivity index (χ1n) is 6.66. The van der Waals surface area contributed by atoms with E-state index in [1.807, 2.05) is 12.1 Å². The number of rotatable bonds is 5. The van der Waals surface area contributed by atoms with E-state index in [1.165, 1.54) is 13.1 Å². The molecule has 1 aliphatic rings. The lowest BCUT2D eigenvalue weighted by atomic mass is 10.0. The van der Waals surface area contributed by atoms with Crippen molar-refractivity contribution in [3.8, 4) is 0 Å². The van der Waals surface area contributed by atoms with Crippen molar-refractivity contribution in [3.05, 3.63) is 24.2 Å². The number of hydrogen-bond donors (Lipinski definition) is 1. The summed E-state index contributed by atoms with van der Waals surface area (Å²) in [6.45, 7) is 11.5. The van der Waals surface area contributed by atoms with E-state index >= 15 is 0 Å². The average molecular weight is 236 g/mol. The summed E-state index contributed by atoms with van der Waals surface area (Å²) < 4.78 is 5.38. The number of hydrogen-bond acceptors (Lipinski definition) is 3. The van der Waals surface area contributed by atoms with Crippen LogP contribution in [0, 0.1) is 11.8 Å². The first kappa shape index (κ1) is 12.7. The van der Waals surface area contributed by atoms with Gasteiger partial charge in [-0.05, 0) is 30.9 Å². The summed E-state index contributed by atoms with van der Waals surface area (Å²) in [4.78, 5) is 2.55. The molecule has 0 aliphatic carbocycles. The van der Waals surface area contributed by atoms with Crippen molar-refractivity contribution in [1.82, 2.24) is 10.2 Å². The van der Waals surface area contributed by atoms with Crippen LogP contribution in [0.2, 0.25) is 0 Å². The number of nitrogens with one attached hydrogen (secondary N) is 1. The Morgan fingerprint density at radius 2 is 2.12 bits per heavy atom. The first-order valence-corrected chi connectivity index (χ1v) is 6.66. The highest BCUT2D eigenvalue weighted by atomic mass is 16.3. The first-order chi connectivity index (χ1) is 8.16. The molecule has 0 spiro atoms. The van der Waals surface area contributed by atoms with Gasteiger partial charge in [-0.3, -0.25) is 0 Å². The van der Waals surface area contributed by atoms with Crippen LogP contribution < -0.4 is 5.32 Å². The van der Waals surface area contributed by atoms with Gasteiger partial charge in [0.15, 0.2) is 0 Å². The van der Waals surface area contributed by atoms with E-state index in [0.29, 0.717) is 6.04 Å². The van der Waals surface area contributed by atoms with Crippen molar-refractivity contribution in [3.63, 3.8) is 0 Å². The molecule has 96 valence electrons. The summed E-state index contributed by atoms with van der Waals surface area (Å²) in [5, 5.41) is 3.51. The van der Waals surface area contributed by atoms with E-state index < -0.39 is 0 Å². The number of furan rings is 1. The fraction of sp³-hybridized carbons (Fsp3) is 0.714. The van der Waals surface area contributed by atoms with Gasteiger partial charge in [-0.2, -0.15) is 0 Å². The maximum absolute atomic E-state index is 5.38. The highest BCUT2D eigenvalue weighted by Gasteiger charge is 2.25. The van der Waals surface area contributed by atoms with E-state index in [9.17, 15) is 0 Å². The fourth-order valence-corrected chi connectivity index (χ4v) is 2.51. The van der Waals surface area contributed by atoms with Gasteiger partial charge in [-0.15, -0.1) is 0 Å². The highest BCUT2D eigenvalue weighted by molar-refractivity contribution is 5.02. The Morgan fingerprint density at radius 3 is 2.71 bits per heavy atom. The monoisotopic (exact) mass is 236 g/mol. The molecule has 1 saturated heterocycles. The predicted octanol–water partition coefficient (Wildman–Crippen LogP) is 2.52. The minimum atomic E-state index is 0.308. The van der Waals surface area contributed by atoms with Crippen molar-refractivity contribution >= 4 is 0 Å². The van der Waals surface area contributed by atoms with Gasteiger partial charge >= 0.3 is 0 Å². The average Bonchev–Trinajstić information content (AvgIpc) is 2.90. The lowest BCUT2D eigenvalue weighted by molar-refractivity contribution is 0.311. The van der Waals surface area contributed by atoms with E-state index in [2.05, 4.69) is 31.0 Å². The van der Waals surface area contributed by atoms with Gasteiger partial charge in [-0.25, -0.2) is 0 Å². The molecule has 0 saturated carbocycles. The van der Waals surface area contributed by atoms with Crippen LogP contribution in [-0.4, -0.2) is 31.1 Å². The molecule has 0 bridgehead atoms. The summed E-state index contributed by atoms with van der Waals surface area (Å²) in [7, 11) is 0. The second-order valence-electron chi connectivity index (χ2n) is 5.41. The molecule has 2 rings (SSSR count). The van der Waals surface area contributed by atoms with Crippen LogP contribution in [0.25, 0.3) is 0 Å². The standard InChI is InChI=1S/C14H24N2O/c1-11-9-16(10-12(11)2)7-6-15-13(3)14-5-4-8-17-14/h4-5,8,11-13,15H,6-7,9-10H2,1-3H3. The zero-order valence-electron chi connectivity index (χ0n) is 11.1. The third kappa shape index (κ3) is 3.33. The quantitative estimate of drug-likeness (QED) is 0.851. The summed E-state index contributed by atoms with van der Waals surface area (Å²) in [5.74, 6) is 2.71. The molecule has 1 aromatic heterocycles. The second kappa shape index (κ2) is 5.69. The Morgan fingerprint density at radius 1 is 1.41 bits per heavy atom. The molecule has 0 radical (unpaired) electrons. The third-order valence-electron chi connectivity index (χ3n) is 3.91. The van der Waals surface area contributed by atoms with Gasteiger partial charge < -0.3 is 14.6 Å². The van der Waals surface area contributed by atoms with Crippen molar-refractivity contribution in [2.75, 3.05) is 26.2 Å². The summed E-state index contributed by atoms with van der Waals surface area (Å²) in [6, 6.07) is 4.28. The van der Waals surface area contributed by atoms with Gasteiger partial charge in [0.25, 0.3) is 0 Å². The lowest BCUT2D eigenvalue weighted by Gasteiger charge is -2.17. The summed E-state index contributed by atoms with van der Waals surface area (Å²) in [6.07, 6.45) is 1.73. The number of nitrogens with zero attached hydrogens (tertiary/aromatic N) is 1. The predicted molar refractivity (Wildman–Crippen MR) is 69.9 cm³/mol. The minimum absolute atomic E-state index is 0.308. The maximum atomic E-state index is 5.38. The summed E-state index contributed by atoms with van der Waals surface area (Å²) >= 11 is 0. The largest absolute Gasteiger partial charge is 0.468 e. The van der Waals surface area contributed by atoms with Crippen LogP contribution in [0.1, 0.15) is 32.6 Å². The van der Waals surface area contributed by atoms with Gasteiger partial charge in [0.05, 0.1) is 12.3 Å². The molecule has 1 aromatic rings. The maximum Gasteiger partial charge on any atom is 0.120 e. The number of likely N-dealkylation sites (tertiary alicyclic amines) is 1. The Balaban J connectivity index is 1.67. The van der Waals surface area contributed by atoms with Gasteiger partial charge in [-0.1, -0.05) is 13.8 Å². The second-order valence-corrected chi connectivity index (χ2v) is 5.41. The smallest absolute Gasteiger partial charge is 0.120 e. The van der Waals surface area contributed by atoms with Crippen LogP contribution in [0.15, 0.2) is 22.8 Å². The van der Waals surface area contributed by atoms with E-state index in [4.69, 9.17) is 4.42 Å². The van der Waals surface area contributed by atoms with Crippen molar-refractivity contribution in [2.24, 2.45) is 11.8 Å². The van der Waals surface area contributed by atoms with Gasteiger partial charge in [0.2, 0.25) is 0 Å². The molecule has 3 atom stereocenters. The van der Waals surface area contributed by atoms with Crippen LogP contribution in [0.4, 0.5) is 0 Å². The Bertz CT molecular complexity index is 313. The fourth-order valence-electron chi connectivity index (χ4n) is 2.51. The molecule has 3 heteroatoms. The summed E-state index contributed by atoms with van der Waals surface area (Å²) in [5.41, 5.74) is 0. The van der Waals surface area contributed by atoms with Crippen LogP contribution >= 0.6 is 0 Å². The zero-order chi connectivity index (χ0) is 12.3. The van der Waals surface area contributed by atoms with E-state index in [0.717, 1.165) is 30.7 Å². The van der Waals surface area contributed by atoms with Crippen molar-refractivity contribution in [1.29, 1.82) is 0 Å². The minimum Gasteiger partial charge on any atom is -0.468 e. The van der Waals surface area contributed by atoms with E-state index in [-0.39, 0.29) is 0 Å². The molecule has 3 unspecified atom stereocenters.